The first-order valence-electron chi connectivity index (χ1n) is 6.84. The van der Waals surface area contributed by atoms with Gasteiger partial charge in [0, 0.05) is 0 Å². The van der Waals surface area contributed by atoms with Gasteiger partial charge in [-0.25, -0.2) is 0 Å². The molecule has 3 nitrogen and oxygen atoms in total. The molecule has 2 heterocycles. The third-order valence-corrected chi connectivity index (χ3v) is 4.09. The fraction of sp³-hybridized carbons (Fsp3) is 0.600. The van der Waals surface area contributed by atoms with Crippen LogP contribution >= 0.6 is 0 Å². The van der Waals surface area contributed by atoms with Crippen LogP contribution in [0.4, 0.5) is 0 Å². The Kier molecular flexibility index (Phi) is 3.52. The van der Waals surface area contributed by atoms with Crippen LogP contribution in [0.25, 0.3) is 0 Å². The lowest BCUT2D eigenvalue weighted by Gasteiger charge is -2.23. The quantitative estimate of drug-likeness (QED) is 0.888. The Morgan fingerprint density at radius 2 is 1.94 bits per heavy atom. The van der Waals surface area contributed by atoms with E-state index in [9.17, 15) is 0 Å². The van der Waals surface area contributed by atoms with E-state index in [0.29, 0.717) is 0 Å². The van der Waals surface area contributed by atoms with Crippen molar-refractivity contribution in [3.63, 3.8) is 0 Å². The summed E-state index contributed by atoms with van der Waals surface area (Å²) in [5.74, 6) is 1.83. The molecule has 0 atom stereocenters. The van der Waals surface area contributed by atoms with Crippen LogP contribution in [-0.4, -0.2) is 20.2 Å². The predicted octanol–water partition coefficient (Wildman–Crippen LogP) is 2.27. The molecule has 0 saturated carbocycles. The van der Waals surface area contributed by atoms with Gasteiger partial charge in [-0.2, -0.15) is 0 Å². The number of piperidine rings is 1. The largest absolute Gasteiger partial charge is 0.496 e. The number of benzene rings is 1. The van der Waals surface area contributed by atoms with Gasteiger partial charge >= 0.3 is 0 Å². The van der Waals surface area contributed by atoms with Gasteiger partial charge in [0.2, 0.25) is 0 Å². The zero-order valence-corrected chi connectivity index (χ0v) is 11.0. The van der Waals surface area contributed by atoms with Gasteiger partial charge in [-0.15, -0.1) is 0 Å². The van der Waals surface area contributed by atoms with Crippen molar-refractivity contribution < 1.29 is 9.47 Å². The summed E-state index contributed by atoms with van der Waals surface area (Å²) in [6.07, 6.45) is 3.69. The molecule has 0 amide bonds. The Labute approximate surface area is 108 Å². The standard InChI is InChI=1S/C15H21NO2/c1-17-15-8-14-10-18-9-13(14)7-12(15)6-11-2-4-16-5-3-11/h7-8,11,16H,2-6,9-10H2,1H3. The maximum absolute atomic E-state index is 5.54. The third-order valence-electron chi connectivity index (χ3n) is 4.09. The molecule has 1 N–H and O–H groups in total. The molecule has 98 valence electrons. The minimum atomic E-state index is 0.735. The molecule has 0 bridgehead atoms. The van der Waals surface area contributed by atoms with Crippen LogP contribution in [0.15, 0.2) is 12.1 Å². The highest BCUT2D eigenvalue weighted by molar-refractivity contribution is 5.43. The molecule has 1 fully saturated rings. The van der Waals surface area contributed by atoms with Gasteiger partial charge in [-0.3, -0.25) is 0 Å². The van der Waals surface area contributed by atoms with Crippen LogP contribution in [0.3, 0.4) is 0 Å². The van der Waals surface area contributed by atoms with E-state index < -0.39 is 0 Å². The normalized spacial score (nSPS) is 19.8. The number of hydrogen-bond donors (Lipinski definition) is 1. The zero-order valence-electron chi connectivity index (χ0n) is 11.0. The molecule has 1 saturated heterocycles. The van der Waals surface area contributed by atoms with Crippen LogP contribution in [0.1, 0.15) is 29.5 Å². The average Bonchev–Trinajstić information content (AvgIpc) is 2.86. The van der Waals surface area contributed by atoms with E-state index in [1.807, 2.05) is 0 Å². The Morgan fingerprint density at radius 3 is 2.67 bits per heavy atom. The topological polar surface area (TPSA) is 30.5 Å². The van der Waals surface area contributed by atoms with Crippen molar-refractivity contribution in [3.05, 3.63) is 28.8 Å². The molecule has 0 unspecified atom stereocenters. The van der Waals surface area contributed by atoms with Crippen LogP contribution in [0.2, 0.25) is 0 Å². The fourth-order valence-electron chi connectivity index (χ4n) is 3.00. The van der Waals surface area contributed by atoms with Gasteiger partial charge in [0.05, 0.1) is 20.3 Å². The lowest BCUT2D eigenvalue weighted by molar-refractivity contribution is 0.134. The van der Waals surface area contributed by atoms with Crippen molar-refractivity contribution in [1.29, 1.82) is 0 Å². The molecular formula is C15H21NO2. The summed E-state index contributed by atoms with van der Waals surface area (Å²) < 4.78 is 11.0. The van der Waals surface area contributed by atoms with Crippen molar-refractivity contribution in [3.8, 4) is 5.75 Å². The van der Waals surface area contributed by atoms with Gasteiger partial charge in [0.1, 0.15) is 5.75 Å². The first-order chi connectivity index (χ1) is 8.86. The SMILES string of the molecule is COc1cc2c(cc1CC1CCNCC1)COC2. The van der Waals surface area contributed by atoms with Crippen molar-refractivity contribution in [2.75, 3.05) is 20.2 Å². The molecule has 18 heavy (non-hydrogen) atoms. The summed E-state index contributed by atoms with van der Waals surface area (Å²) in [7, 11) is 1.77. The summed E-state index contributed by atoms with van der Waals surface area (Å²) in [5.41, 5.74) is 3.99. The Hall–Kier alpha value is -1.06. The summed E-state index contributed by atoms with van der Waals surface area (Å²) in [4.78, 5) is 0. The van der Waals surface area contributed by atoms with Crippen molar-refractivity contribution >= 4 is 0 Å². The van der Waals surface area contributed by atoms with Gasteiger partial charge < -0.3 is 14.8 Å². The summed E-state index contributed by atoms with van der Waals surface area (Å²) in [5, 5.41) is 3.42. The van der Waals surface area contributed by atoms with E-state index in [1.54, 1.807) is 7.11 Å². The van der Waals surface area contributed by atoms with E-state index >= 15 is 0 Å². The number of nitrogens with one attached hydrogen (secondary N) is 1. The first kappa shape index (κ1) is 12.0. The van der Waals surface area contributed by atoms with E-state index in [2.05, 4.69) is 17.4 Å². The molecular weight excluding hydrogens is 226 g/mol. The fourth-order valence-corrected chi connectivity index (χ4v) is 3.00. The molecule has 2 aliphatic rings. The highest BCUT2D eigenvalue weighted by Gasteiger charge is 2.19. The molecule has 2 aliphatic heterocycles. The molecule has 0 spiro atoms. The van der Waals surface area contributed by atoms with E-state index in [1.165, 1.54) is 29.5 Å². The maximum Gasteiger partial charge on any atom is 0.122 e. The number of methoxy groups -OCH3 is 1. The van der Waals surface area contributed by atoms with E-state index in [4.69, 9.17) is 9.47 Å². The second-order valence-corrected chi connectivity index (χ2v) is 5.32. The van der Waals surface area contributed by atoms with Gasteiger partial charge in [0.15, 0.2) is 0 Å². The zero-order chi connectivity index (χ0) is 12.4. The third kappa shape index (κ3) is 2.38. The smallest absolute Gasteiger partial charge is 0.122 e. The molecule has 1 aromatic carbocycles. The minimum absolute atomic E-state index is 0.735. The highest BCUT2D eigenvalue weighted by Crippen LogP contribution is 2.31. The second-order valence-electron chi connectivity index (χ2n) is 5.32. The van der Waals surface area contributed by atoms with Crippen LogP contribution in [0.5, 0.6) is 5.75 Å². The number of hydrogen-bond acceptors (Lipinski definition) is 3. The Bertz CT molecular complexity index is 425. The molecule has 3 rings (SSSR count). The van der Waals surface area contributed by atoms with Crippen LogP contribution in [0, 0.1) is 5.92 Å². The van der Waals surface area contributed by atoms with Crippen molar-refractivity contribution in [2.24, 2.45) is 5.92 Å². The van der Waals surface area contributed by atoms with Crippen LogP contribution < -0.4 is 10.1 Å². The molecule has 0 aliphatic carbocycles. The minimum Gasteiger partial charge on any atom is -0.496 e. The Morgan fingerprint density at radius 1 is 1.22 bits per heavy atom. The monoisotopic (exact) mass is 247 g/mol. The van der Waals surface area contributed by atoms with Crippen molar-refractivity contribution in [2.45, 2.75) is 32.5 Å². The van der Waals surface area contributed by atoms with Gasteiger partial charge in [-0.1, -0.05) is 0 Å². The summed E-state index contributed by atoms with van der Waals surface area (Å²) in [6, 6.07) is 4.46. The molecule has 0 aromatic heterocycles. The number of ether oxygens (including phenoxy) is 2. The van der Waals surface area contributed by atoms with Crippen LogP contribution in [-0.2, 0) is 24.4 Å². The maximum atomic E-state index is 5.54. The molecule has 1 aromatic rings. The Balaban J connectivity index is 1.81. The molecule has 3 heteroatoms. The first-order valence-corrected chi connectivity index (χ1v) is 6.84. The number of fused-ring (bicyclic) bond motifs is 1. The van der Waals surface area contributed by atoms with Crippen molar-refractivity contribution in [1.82, 2.24) is 5.32 Å². The van der Waals surface area contributed by atoms with Gasteiger partial charge in [0.25, 0.3) is 0 Å². The summed E-state index contributed by atoms with van der Waals surface area (Å²) >= 11 is 0. The second kappa shape index (κ2) is 5.29. The predicted molar refractivity (Wildman–Crippen MR) is 70.8 cm³/mol. The van der Waals surface area contributed by atoms with E-state index in [-0.39, 0.29) is 0 Å². The highest BCUT2D eigenvalue weighted by atomic mass is 16.5. The molecule has 0 radical (unpaired) electrons. The number of rotatable bonds is 3. The lowest BCUT2D eigenvalue weighted by Crippen LogP contribution is -2.28. The summed E-state index contributed by atoms with van der Waals surface area (Å²) in [6.45, 7) is 3.81. The van der Waals surface area contributed by atoms with Gasteiger partial charge in [-0.05, 0) is 67.1 Å². The average molecular weight is 247 g/mol. The lowest BCUT2D eigenvalue weighted by atomic mass is 9.89. The van der Waals surface area contributed by atoms with E-state index in [0.717, 1.165) is 44.4 Å².